The van der Waals surface area contributed by atoms with Crippen molar-refractivity contribution in [3.05, 3.63) is 65.7 Å². The average molecular weight is 344 g/mol. The summed E-state index contributed by atoms with van der Waals surface area (Å²) in [6.45, 7) is 2.36. The number of hydrogen-bond acceptors (Lipinski definition) is 3. The van der Waals surface area contributed by atoms with Gasteiger partial charge < -0.3 is 10.6 Å². The van der Waals surface area contributed by atoms with E-state index in [2.05, 4.69) is 0 Å². The van der Waals surface area contributed by atoms with E-state index >= 15 is 0 Å². The van der Waals surface area contributed by atoms with E-state index in [0.717, 1.165) is 16.0 Å². The predicted octanol–water partition coefficient (Wildman–Crippen LogP) is 2.72. The highest BCUT2D eigenvalue weighted by molar-refractivity contribution is 7.84. The SMILES string of the molecule is CC(C(=O)N(C)Cc1ccc(S(C)=O)cc1)C(N)c1ccccc1. The van der Waals surface area contributed by atoms with Gasteiger partial charge in [0.05, 0.1) is 5.92 Å². The lowest BCUT2D eigenvalue weighted by Gasteiger charge is -2.25. The highest BCUT2D eigenvalue weighted by Gasteiger charge is 2.24. The van der Waals surface area contributed by atoms with Gasteiger partial charge >= 0.3 is 0 Å². The summed E-state index contributed by atoms with van der Waals surface area (Å²) >= 11 is 0. The molecule has 3 unspecified atom stereocenters. The van der Waals surface area contributed by atoms with Crippen LogP contribution in [0, 0.1) is 5.92 Å². The summed E-state index contributed by atoms with van der Waals surface area (Å²) in [5.41, 5.74) is 8.20. The molecule has 0 aliphatic heterocycles. The fourth-order valence-corrected chi connectivity index (χ4v) is 3.12. The summed E-state index contributed by atoms with van der Waals surface area (Å²) in [5, 5.41) is 0. The van der Waals surface area contributed by atoms with E-state index in [9.17, 15) is 9.00 Å². The maximum atomic E-state index is 12.6. The van der Waals surface area contributed by atoms with E-state index in [1.54, 1.807) is 18.2 Å². The molecule has 0 bridgehead atoms. The molecular formula is C19H24N2O2S. The number of nitrogens with two attached hydrogens (primary N) is 1. The van der Waals surface area contributed by atoms with Crippen LogP contribution in [0.2, 0.25) is 0 Å². The molecule has 3 atom stereocenters. The Bertz CT molecular complexity index is 701. The van der Waals surface area contributed by atoms with Crippen LogP contribution in [0.25, 0.3) is 0 Å². The van der Waals surface area contributed by atoms with Gasteiger partial charge in [0.25, 0.3) is 0 Å². The molecule has 2 aromatic carbocycles. The molecule has 0 fully saturated rings. The van der Waals surface area contributed by atoms with E-state index in [4.69, 9.17) is 5.73 Å². The minimum atomic E-state index is -0.990. The van der Waals surface area contributed by atoms with E-state index in [0.29, 0.717) is 6.54 Å². The lowest BCUT2D eigenvalue weighted by molar-refractivity contribution is -0.134. The van der Waals surface area contributed by atoms with Crippen molar-refractivity contribution in [1.82, 2.24) is 4.90 Å². The van der Waals surface area contributed by atoms with Gasteiger partial charge in [0.2, 0.25) is 5.91 Å². The molecule has 0 aliphatic carbocycles. The molecule has 5 heteroatoms. The number of amides is 1. The second-order valence-corrected chi connectivity index (χ2v) is 7.40. The van der Waals surface area contributed by atoms with Gasteiger partial charge in [-0.1, -0.05) is 49.4 Å². The maximum absolute atomic E-state index is 12.6. The highest BCUT2D eigenvalue weighted by atomic mass is 32.2. The van der Waals surface area contributed by atoms with E-state index < -0.39 is 10.8 Å². The van der Waals surface area contributed by atoms with Crippen LogP contribution >= 0.6 is 0 Å². The first kappa shape index (κ1) is 18.4. The molecule has 0 spiro atoms. The van der Waals surface area contributed by atoms with Crippen LogP contribution in [0.4, 0.5) is 0 Å². The van der Waals surface area contributed by atoms with Gasteiger partial charge in [-0.3, -0.25) is 9.00 Å². The van der Waals surface area contributed by atoms with Gasteiger partial charge in [-0.15, -0.1) is 0 Å². The zero-order valence-electron chi connectivity index (χ0n) is 14.3. The Morgan fingerprint density at radius 1 is 1.12 bits per heavy atom. The van der Waals surface area contributed by atoms with Crippen LogP contribution < -0.4 is 5.73 Å². The summed E-state index contributed by atoms with van der Waals surface area (Å²) in [6.07, 6.45) is 1.65. The van der Waals surface area contributed by atoms with Crippen LogP contribution in [0.15, 0.2) is 59.5 Å². The van der Waals surface area contributed by atoms with Crippen LogP contribution in [0.5, 0.6) is 0 Å². The molecule has 2 aromatic rings. The molecule has 0 aliphatic rings. The van der Waals surface area contributed by atoms with Crippen LogP contribution in [0.1, 0.15) is 24.1 Å². The minimum absolute atomic E-state index is 0.00879. The average Bonchev–Trinajstić information content (AvgIpc) is 2.61. The Balaban J connectivity index is 2.02. The van der Waals surface area contributed by atoms with Gasteiger partial charge in [0.1, 0.15) is 0 Å². The molecule has 2 rings (SSSR count). The normalized spacial score (nSPS) is 14.7. The number of rotatable bonds is 6. The topological polar surface area (TPSA) is 63.4 Å². The number of nitrogens with zero attached hydrogens (tertiary/aromatic N) is 1. The van der Waals surface area contributed by atoms with Gasteiger partial charge in [-0.2, -0.15) is 0 Å². The van der Waals surface area contributed by atoms with Gasteiger partial charge in [0.15, 0.2) is 0 Å². The Kier molecular flexibility index (Phi) is 6.29. The minimum Gasteiger partial charge on any atom is -0.341 e. The van der Waals surface area contributed by atoms with Gasteiger partial charge in [-0.25, -0.2) is 0 Å². The van der Waals surface area contributed by atoms with Crippen molar-refractivity contribution in [2.24, 2.45) is 11.7 Å². The second-order valence-electron chi connectivity index (χ2n) is 6.02. The smallest absolute Gasteiger partial charge is 0.227 e. The lowest BCUT2D eigenvalue weighted by atomic mass is 9.94. The lowest BCUT2D eigenvalue weighted by Crippen LogP contribution is -2.36. The molecule has 128 valence electrons. The third-order valence-corrected chi connectivity index (χ3v) is 5.10. The van der Waals surface area contributed by atoms with Gasteiger partial charge in [-0.05, 0) is 23.3 Å². The van der Waals surface area contributed by atoms with E-state index in [1.165, 1.54) is 0 Å². The highest BCUT2D eigenvalue weighted by Crippen LogP contribution is 2.21. The number of benzene rings is 2. The molecule has 24 heavy (non-hydrogen) atoms. The Hall–Kier alpha value is -1.98. The van der Waals surface area contributed by atoms with Crippen molar-refractivity contribution >= 4 is 16.7 Å². The molecule has 2 N–H and O–H groups in total. The summed E-state index contributed by atoms with van der Waals surface area (Å²) in [7, 11) is 0.790. The zero-order chi connectivity index (χ0) is 17.7. The molecular weight excluding hydrogens is 320 g/mol. The van der Waals surface area contributed by atoms with E-state index in [1.807, 2.05) is 61.5 Å². The Labute approximate surface area is 146 Å². The second kappa shape index (κ2) is 8.22. The van der Waals surface area contributed by atoms with Crippen LogP contribution in [0.3, 0.4) is 0 Å². The van der Waals surface area contributed by atoms with Crippen molar-refractivity contribution in [3.63, 3.8) is 0 Å². The first-order chi connectivity index (χ1) is 11.4. The Morgan fingerprint density at radius 3 is 2.25 bits per heavy atom. The first-order valence-electron chi connectivity index (χ1n) is 7.88. The summed E-state index contributed by atoms with van der Waals surface area (Å²) in [4.78, 5) is 15.1. The molecule has 0 saturated heterocycles. The number of carbonyl (C=O) groups excluding carboxylic acids is 1. The quantitative estimate of drug-likeness (QED) is 0.876. The summed E-state index contributed by atoms with van der Waals surface area (Å²) < 4.78 is 11.4. The standard InChI is InChI=1S/C19H24N2O2S/c1-14(18(20)16-7-5-4-6-8-16)19(22)21(2)13-15-9-11-17(12-10-15)24(3)23/h4-12,14,18H,13,20H2,1-3H3. The Morgan fingerprint density at radius 2 is 1.71 bits per heavy atom. The monoisotopic (exact) mass is 344 g/mol. The molecule has 0 radical (unpaired) electrons. The molecule has 0 saturated carbocycles. The summed E-state index contributed by atoms with van der Waals surface area (Å²) in [6, 6.07) is 16.8. The maximum Gasteiger partial charge on any atom is 0.227 e. The van der Waals surface area contributed by atoms with Crippen molar-refractivity contribution in [2.75, 3.05) is 13.3 Å². The summed E-state index contributed by atoms with van der Waals surface area (Å²) in [5.74, 6) is -0.297. The van der Waals surface area contributed by atoms with E-state index in [-0.39, 0.29) is 17.9 Å². The number of carbonyl (C=O) groups is 1. The van der Waals surface area contributed by atoms with Gasteiger partial charge in [0, 0.05) is 41.6 Å². The molecule has 0 heterocycles. The molecule has 0 aromatic heterocycles. The first-order valence-corrected chi connectivity index (χ1v) is 9.44. The fraction of sp³-hybridized carbons (Fsp3) is 0.316. The third kappa shape index (κ3) is 4.52. The fourth-order valence-electron chi connectivity index (χ4n) is 2.60. The van der Waals surface area contributed by atoms with Crippen molar-refractivity contribution in [2.45, 2.75) is 24.4 Å². The number of hydrogen-bond donors (Lipinski definition) is 1. The van der Waals surface area contributed by atoms with Crippen molar-refractivity contribution in [1.29, 1.82) is 0 Å². The van der Waals surface area contributed by atoms with Crippen LogP contribution in [-0.4, -0.2) is 28.3 Å². The largest absolute Gasteiger partial charge is 0.341 e. The molecule has 1 amide bonds. The van der Waals surface area contributed by atoms with Crippen LogP contribution in [-0.2, 0) is 22.1 Å². The predicted molar refractivity (Wildman–Crippen MR) is 97.8 cm³/mol. The third-order valence-electron chi connectivity index (χ3n) is 4.16. The molecule has 4 nitrogen and oxygen atoms in total. The van der Waals surface area contributed by atoms with Crippen molar-refractivity contribution < 1.29 is 9.00 Å². The zero-order valence-corrected chi connectivity index (χ0v) is 15.1. The van der Waals surface area contributed by atoms with Crippen molar-refractivity contribution in [3.8, 4) is 0 Å².